The first-order chi connectivity index (χ1) is 12.4. The van der Waals surface area contributed by atoms with E-state index in [1.165, 1.54) is 20.2 Å². The summed E-state index contributed by atoms with van der Waals surface area (Å²) >= 11 is 0. The molecular weight excluding hydrogens is 352 g/mol. The number of sulfonamides is 1. The molecule has 0 aliphatic rings. The number of hydrogen-bond donors (Lipinski definition) is 2. The summed E-state index contributed by atoms with van der Waals surface area (Å²) in [5.41, 5.74) is 1.77. The maximum absolute atomic E-state index is 12.5. The van der Waals surface area contributed by atoms with E-state index in [1.807, 2.05) is 0 Å². The molecule has 0 aromatic heterocycles. The van der Waals surface area contributed by atoms with Gasteiger partial charge in [-0.2, -0.15) is 4.72 Å². The smallest absolute Gasteiger partial charge is 0.252 e. The molecule has 0 bridgehead atoms. The van der Waals surface area contributed by atoms with Crippen LogP contribution in [0.2, 0.25) is 0 Å². The number of hydrogen-bond acceptors (Lipinski definition) is 4. The molecule has 2 rings (SSSR count). The molecule has 0 radical (unpaired) electrons. The van der Waals surface area contributed by atoms with Crippen LogP contribution >= 0.6 is 0 Å². The molecule has 0 saturated heterocycles. The Balaban J connectivity index is 2.18. The number of amides is 1. The van der Waals surface area contributed by atoms with E-state index in [9.17, 15) is 13.2 Å². The van der Waals surface area contributed by atoms with Gasteiger partial charge in [-0.1, -0.05) is 30.0 Å². The lowest BCUT2D eigenvalue weighted by atomic mass is 10.1. The van der Waals surface area contributed by atoms with Crippen molar-refractivity contribution in [3.8, 4) is 17.6 Å². The summed E-state index contributed by atoms with van der Waals surface area (Å²) in [6.07, 6.45) is 0. The predicted octanol–water partition coefficient (Wildman–Crippen LogP) is 1.69. The Morgan fingerprint density at radius 1 is 1.19 bits per heavy atom. The first kappa shape index (κ1) is 19.5. The minimum absolute atomic E-state index is 0.0626. The summed E-state index contributed by atoms with van der Waals surface area (Å²) in [5, 5.41) is 2.54. The summed E-state index contributed by atoms with van der Waals surface area (Å²) in [6, 6.07) is 11.8. The fourth-order valence-electron chi connectivity index (χ4n) is 2.27. The number of nitrogens with one attached hydrogen (secondary N) is 2. The van der Waals surface area contributed by atoms with Crippen LogP contribution in [-0.4, -0.2) is 35.0 Å². The van der Waals surface area contributed by atoms with Gasteiger partial charge in [0.05, 0.1) is 19.2 Å². The molecule has 0 aliphatic heterocycles. The maximum atomic E-state index is 12.5. The van der Waals surface area contributed by atoms with Crippen LogP contribution in [0.25, 0.3) is 0 Å². The lowest BCUT2D eigenvalue weighted by molar-refractivity contribution is 0.0963. The molecule has 2 aromatic rings. The summed E-state index contributed by atoms with van der Waals surface area (Å²) in [7, 11) is -0.814. The largest absolute Gasteiger partial charge is 0.495 e. The summed E-state index contributed by atoms with van der Waals surface area (Å²) in [5.74, 6) is 5.58. The van der Waals surface area contributed by atoms with Gasteiger partial charge in [0, 0.05) is 12.6 Å². The molecule has 7 heteroatoms. The van der Waals surface area contributed by atoms with Crippen molar-refractivity contribution in [2.75, 3.05) is 20.7 Å². The van der Waals surface area contributed by atoms with E-state index >= 15 is 0 Å². The average molecular weight is 372 g/mol. The highest BCUT2D eigenvalue weighted by Crippen LogP contribution is 2.24. The van der Waals surface area contributed by atoms with Crippen LogP contribution in [0.3, 0.4) is 0 Å². The van der Waals surface area contributed by atoms with Gasteiger partial charge in [-0.15, -0.1) is 0 Å². The Morgan fingerprint density at radius 3 is 2.62 bits per heavy atom. The zero-order chi connectivity index (χ0) is 19.2. The molecule has 1 amide bonds. The van der Waals surface area contributed by atoms with Gasteiger partial charge >= 0.3 is 0 Å². The van der Waals surface area contributed by atoms with Gasteiger partial charge in [0.2, 0.25) is 10.0 Å². The van der Waals surface area contributed by atoms with Gasteiger partial charge in [0.1, 0.15) is 10.6 Å². The maximum Gasteiger partial charge on any atom is 0.252 e. The van der Waals surface area contributed by atoms with Crippen molar-refractivity contribution in [2.45, 2.75) is 11.8 Å². The molecule has 26 heavy (non-hydrogen) atoms. The molecule has 6 nitrogen and oxygen atoms in total. The van der Waals surface area contributed by atoms with E-state index in [0.717, 1.165) is 5.56 Å². The van der Waals surface area contributed by atoms with Gasteiger partial charge in [-0.3, -0.25) is 4.79 Å². The van der Waals surface area contributed by atoms with Gasteiger partial charge < -0.3 is 10.1 Å². The van der Waals surface area contributed by atoms with Gasteiger partial charge in [0.15, 0.2) is 0 Å². The molecule has 2 N–H and O–H groups in total. The fourth-order valence-corrected chi connectivity index (χ4v) is 3.44. The highest BCUT2D eigenvalue weighted by Gasteiger charge is 2.18. The van der Waals surface area contributed by atoms with Crippen molar-refractivity contribution >= 4 is 15.9 Å². The van der Waals surface area contributed by atoms with Crippen LogP contribution in [0.15, 0.2) is 47.4 Å². The molecule has 0 saturated carbocycles. The van der Waals surface area contributed by atoms with Gasteiger partial charge in [0.25, 0.3) is 5.91 Å². The SMILES string of the molecule is CNC(=O)c1ccccc1C#CCNS(=O)(=O)c1cc(C)ccc1OC. The number of rotatable bonds is 5. The first-order valence-electron chi connectivity index (χ1n) is 7.83. The van der Waals surface area contributed by atoms with E-state index in [-0.39, 0.29) is 23.1 Å². The standard InChI is InChI=1S/C19H20N2O4S/c1-14-10-11-17(25-3)18(13-14)26(23,24)21-12-6-8-15-7-4-5-9-16(15)19(22)20-2/h4-5,7,9-11,13,21H,12H2,1-3H3,(H,20,22). The van der Waals surface area contributed by atoms with E-state index in [2.05, 4.69) is 21.9 Å². The molecule has 136 valence electrons. The first-order valence-corrected chi connectivity index (χ1v) is 9.31. The number of benzene rings is 2. The second-order valence-corrected chi connectivity index (χ2v) is 7.14. The molecule has 0 atom stereocenters. The van der Waals surface area contributed by atoms with Crippen molar-refractivity contribution in [2.24, 2.45) is 0 Å². The highest BCUT2D eigenvalue weighted by atomic mass is 32.2. The lowest BCUT2D eigenvalue weighted by Crippen LogP contribution is -2.24. The lowest BCUT2D eigenvalue weighted by Gasteiger charge is -2.10. The van der Waals surface area contributed by atoms with Gasteiger partial charge in [-0.25, -0.2) is 8.42 Å². The third-order valence-corrected chi connectivity index (χ3v) is 5.00. The van der Waals surface area contributed by atoms with Crippen LogP contribution in [0.4, 0.5) is 0 Å². The van der Waals surface area contributed by atoms with Crippen LogP contribution in [0.1, 0.15) is 21.5 Å². The number of methoxy groups -OCH3 is 1. The Morgan fingerprint density at radius 2 is 1.92 bits per heavy atom. The van der Waals surface area contributed by atoms with E-state index < -0.39 is 10.0 Å². The second kappa shape index (κ2) is 8.52. The highest BCUT2D eigenvalue weighted by molar-refractivity contribution is 7.89. The summed E-state index contributed by atoms with van der Waals surface area (Å²) in [4.78, 5) is 11.9. The molecule has 0 unspecified atom stereocenters. The van der Waals surface area contributed by atoms with E-state index in [0.29, 0.717) is 11.1 Å². The monoisotopic (exact) mass is 372 g/mol. The van der Waals surface area contributed by atoms with Crippen molar-refractivity contribution in [3.05, 3.63) is 59.2 Å². The van der Waals surface area contributed by atoms with E-state index in [4.69, 9.17) is 4.74 Å². The van der Waals surface area contributed by atoms with Crippen LogP contribution in [0.5, 0.6) is 5.75 Å². The van der Waals surface area contributed by atoms with Crippen LogP contribution < -0.4 is 14.8 Å². The molecule has 0 fully saturated rings. The number of carbonyl (C=O) groups is 1. The fraction of sp³-hybridized carbons (Fsp3) is 0.211. The quantitative estimate of drug-likeness (QED) is 0.783. The zero-order valence-corrected chi connectivity index (χ0v) is 15.6. The second-order valence-electron chi connectivity index (χ2n) is 5.41. The minimum Gasteiger partial charge on any atom is -0.495 e. The third-order valence-electron chi connectivity index (χ3n) is 3.58. The van der Waals surface area contributed by atoms with Crippen LogP contribution in [-0.2, 0) is 10.0 Å². The van der Waals surface area contributed by atoms with Crippen molar-refractivity contribution in [3.63, 3.8) is 0 Å². The average Bonchev–Trinajstić information content (AvgIpc) is 2.65. The Labute approximate surface area is 153 Å². The Bertz CT molecular complexity index is 973. The number of ether oxygens (including phenoxy) is 1. The number of carbonyl (C=O) groups excluding carboxylic acids is 1. The molecule has 0 aliphatic carbocycles. The Kier molecular flexibility index (Phi) is 6.39. The number of aryl methyl sites for hydroxylation is 1. The third kappa shape index (κ3) is 4.63. The molecular formula is C19H20N2O4S. The van der Waals surface area contributed by atoms with Crippen molar-refractivity contribution < 1.29 is 17.9 Å². The zero-order valence-electron chi connectivity index (χ0n) is 14.8. The molecule has 0 spiro atoms. The minimum atomic E-state index is -3.77. The van der Waals surface area contributed by atoms with Crippen molar-refractivity contribution in [1.29, 1.82) is 0 Å². The summed E-state index contributed by atoms with van der Waals surface area (Å²) in [6.45, 7) is 1.70. The van der Waals surface area contributed by atoms with Crippen molar-refractivity contribution in [1.82, 2.24) is 10.0 Å². The summed E-state index contributed by atoms with van der Waals surface area (Å²) < 4.78 is 32.5. The van der Waals surface area contributed by atoms with Gasteiger partial charge in [-0.05, 0) is 36.8 Å². The molecule has 0 heterocycles. The van der Waals surface area contributed by atoms with Crippen LogP contribution in [0, 0.1) is 18.8 Å². The molecule has 2 aromatic carbocycles. The van der Waals surface area contributed by atoms with E-state index in [1.54, 1.807) is 43.3 Å². The Hall–Kier alpha value is -2.82. The predicted molar refractivity (Wildman–Crippen MR) is 99.6 cm³/mol. The normalized spacial score (nSPS) is 10.6. The topological polar surface area (TPSA) is 84.5 Å².